The number of allylic oxidation sites excluding steroid dienone is 2. The van der Waals surface area contributed by atoms with E-state index in [1.807, 2.05) is 0 Å². The first-order chi connectivity index (χ1) is 18.0. The third kappa shape index (κ3) is 8.99. The van der Waals surface area contributed by atoms with Gasteiger partial charge in [-0.1, -0.05) is 88.4 Å². The number of hydrogen-bond acceptors (Lipinski definition) is 1. The summed E-state index contributed by atoms with van der Waals surface area (Å²) in [5, 5.41) is 0. The molecule has 2 aromatic carbocycles. The van der Waals surface area contributed by atoms with E-state index in [4.69, 9.17) is 4.74 Å². The molecule has 0 fully saturated rings. The highest BCUT2D eigenvalue weighted by molar-refractivity contribution is 5.26. The molecule has 0 saturated heterocycles. The number of rotatable bonds is 12. The predicted molar refractivity (Wildman–Crippen MR) is 159 cm³/mol. The Morgan fingerprint density at radius 1 is 0.622 bits per heavy atom. The number of aryl methyl sites for hydroxylation is 2. The molecule has 2 aliphatic rings. The molecule has 0 spiro atoms. The third-order valence-electron chi connectivity index (χ3n) is 8.78. The molecule has 4 rings (SSSR count). The van der Waals surface area contributed by atoms with Crippen molar-refractivity contribution in [3.63, 3.8) is 0 Å². The molecule has 200 valence electrons. The zero-order valence-electron chi connectivity index (χ0n) is 24.0. The Bertz CT molecular complexity index is 922. The molecule has 0 bridgehead atoms. The van der Waals surface area contributed by atoms with Gasteiger partial charge in [0.2, 0.25) is 0 Å². The van der Waals surface area contributed by atoms with Crippen LogP contribution >= 0.6 is 0 Å². The molecule has 0 radical (unpaired) electrons. The minimum atomic E-state index is 0.618. The standard InChI is InChI=1S/C36H50O/c1-27(2)35-21-17-31(18-22-35)7-5-29-9-13-33(14-10-29)25-37-26-34-15-11-30(12-16-34)6-8-32-19-23-36(24-20-32)28(3)4/h13,15,17-24,27-30H,5-12,14,16,25-26H2,1-4H3. The van der Waals surface area contributed by atoms with Gasteiger partial charge < -0.3 is 4.74 Å². The molecule has 37 heavy (non-hydrogen) atoms. The molecule has 1 nitrogen and oxygen atoms in total. The van der Waals surface area contributed by atoms with Crippen LogP contribution in [0.1, 0.15) is 113 Å². The summed E-state index contributed by atoms with van der Waals surface area (Å²) >= 11 is 0. The molecule has 2 aliphatic carbocycles. The van der Waals surface area contributed by atoms with Gasteiger partial charge in [-0.05, 0) is 121 Å². The highest BCUT2D eigenvalue weighted by Gasteiger charge is 2.17. The lowest BCUT2D eigenvalue weighted by Crippen LogP contribution is -2.13. The molecular formula is C36H50O. The van der Waals surface area contributed by atoms with Crippen molar-refractivity contribution in [3.8, 4) is 0 Å². The van der Waals surface area contributed by atoms with Gasteiger partial charge in [0.25, 0.3) is 0 Å². The van der Waals surface area contributed by atoms with Crippen LogP contribution in [0.25, 0.3) is 0 Å². The highest BCUT2D eigenvalue weighted by atomic mass is 16.5. The molecule has 0 N–H and O–H groups in total. The van der Waals surface area contributed by atoms with Gasteiger partial charge in [-0.2, -0.15) is 0 Å². The molecule has 0 aliphatic heterocycles. The maximum atomic E-state index is 6.17. The number of benzene rings is 2. The summed E-state index contributed by atoms with van der Waals surface area (Å²) in [5.41, 5.74) is 8.92. The maximum absolute atomic E-state index is 6.17. The van der Waals surface area contributed by atoms with Crippen LogP contribution in [-0.2, 0) is 17.6 Å². The normalized spacial score (nSPS) is 20.3. The van der Waals surface area contributed by atoms with Crippen molar-refractivity contribution in [2.75, 3.05) is 13.2 Å². The van der Waals surface area contributed by atoms with Crippen molar-refractivity contribution in [2.45, 2.75) is 104 Å². The minimum Gasteiger partial charge on any atom is -0.373 e. The second-order valence-electron chi connectivity index (χ2n) is 12.4. The van der Waals surface area contributed by atoms with Gasteiger partial charge in [-0.15, -0.1) is 0 Å². The summed E-state index contributed by atoms with van der Waals surface area (Å²) in [5.74, 6) is 2.90. The Morgan fingerprint density at radius 2 is 1.03 bits per heavy atom. The van der Waals surface area contributed by atoms with Crippen LogP contribution in [0.4, 0.5) is 0 Å². The van der Waals surface area contributed by atoms with E-state index in [0.717, 1.165) is 25.0 Å². The van der Waals surface area contributed by atoms with Gasteiger partial charge in [0.1, 0.15) is 0 Å². The monoisotopic (exact) mass is 498 g/mol. The molecule has 1 heteroatoms. The fourth-order valence-corrected chi connectivity index (χ4v) is 5.87. The second kappa shape index (κ2) is 14.1. The quantitative estimate of drug-likeness (QED) is 0.265. The van der Waals surface area contributed by atoms with Crippen molar-refractivity contribution in [1.29, 1.82) is 0 Å². The third-order valence-corrected chi connectivity index (χ3v) is 8.78. The molecule has 0 saturated carbocycles. The van der Waals surface area contributed by atoms with E-state index >= 15 is 0 Å². The van der Waals surface area contributed by atoms with Crippen LogP contribution in [0.5, 0.6) is 0 Å². The van der Waals surface area contributed by atoms with Crippen LogP contribution in [0.2, 0.25) is 0 Å². The molecule has 2 aromatic rings. The highest BCUT2D eigenvalue weighted by Crippen LogP contribution is 2.30. The Kier molecular flexibility index (Phi) is 10.7. The summed E-state index contributed by atoms with van der Waals surface area (Å²) in [6, 6.07) is 18.6. The van der Waals surface area contributed by atoms with E-state index in [2.05, 4.69) is 88.4 Å². The average Bonchev–Trinajstić information content (AvgIpc) is 2.92. The SMILES string of the molecule is CC(C)c1ccc(CCC2CC=C(COCC3=CCC(CCc4ccc(C(C)C)cc4)CC3)CC2)cc1. The van der Waals surface area contributed by atoms with Crippen LogP contribution in [0, 0.1) is 11.8 Å². The lowest BCUT2D eigenvalue weighted by Gasteiger charge is -2.24. The van der Waals surface area contributed by atoms with Gasteiger partial charge in [0.05, 0.1) is 13.2 Å². The first kappa shape index (κ1) is 27.9. The number of ether oxygens (including phenoxy) is 1. The van der Waals surface area contributed by atoms with Crippen LogP contribution in [0.3, 0.4) is 0 Å². The zero-order chi connectivity index (χ0) is 26.0. The molecular weight excluding hydrogens is 448 g/mol. The molecule has 0 aromatic heterocycles. The maximum Gasteiger partial charge on any atom is 0.0681 e. The summed E-state index contributed by atoms with van der Waals surface area (Å²) < 4.78 is 6.17. The fraction of sp³-hybridized carbons (Fsp3) is 0.556. The summed E-state index contributed by atoms with van der Waals surface area (Å²) in [6.07, 6.45) is 17.5. The van der Waals surface area contributed by atoms with E-state index in [-0.39, 0.29) is 0 Å². The Morgan fingerprint density at radius 3 is 1.35 bits per heavy atom. The van der Waals surface area contributed by atoms with E-state index in [1.54, 1.807) is 0 Å². The summed E-state index contributed by atoms with van der Waals surface area (Å²) in [6.45, 7) is 10.7. The van der Waals surface area contributed by atoms with Crippen molar-refractivity contribution in [2.24, 2.45) is 11.8 Å². The second-order valence-corrected chi connectivity index (χ2v) is 12.4. The first-order valence-electron chi connectivity index (χ1n) is 15.1. The van der Waals surface area contributed by atoms with E-state index in [9.17, 15) is 0 Å². The predicted octanol–water partition coefficient (Wildman–Crippen LogP) is 9.97. The van der Waals surface area contributed by atoms with E-state index < -0.39 is 0 Å². The van der Waals surface area contributed by atoms with Gasteiger partial charge >= 0.3 is 0 Å². The van der Waals surface area contributed by atoms with Crippen molar-refractivity contribution >= 4 is 0 Å². The van der Waals surface area contributed by atoms with Gasteiger partial charge in [-0.3, -0.25) is 0 Å². The molecule has 0 amide bonds. The topological polar surface area (TPSA) is 9.23 Å². The van der Waals surface area contributed by atoms with E-state index in [1.165, 1.54) is 97.6 Å². The van der Waals surface area contributed by atoms with E-state index in [0.29, 0.717) is 11.8 Å². The van der Waals surface area contributed by atoms with Gasteiger partial charge in [0, 0.05) is 0 Å². The smallest absolute Gasteiger partial charge is 0.0681 e. The van der Waals surface area contributed by atoms with Crippen molar-refractivity contribution in [3.05, 3.63) is 94.1 Å². The summed E-state index contributed by atoms with van der Waals surface area (Å²) in [7, 11) is 0. The average molecular weight is 499 g/mol. The van der Waals surface area contributed by atoms with Gasteiger partial charge in [-0.25, -0.2) is 0 Å². The molecule has 2 unspecified atom stereocenters. The number of hydrogen-bond donors (Lipinski definition) is 0. The lowest BCUT2D eigenvalue weighted by molar-refractivity contribution is 0.169. The Labute approximate surface area is 227 Å². The van der Waals surface area contributed by atoms with Crippen molar-refractivity contribution in [1.82, 2.24) is 0 Å². The van der Waals surface area contributed by atoms with Crippen molar-refractivity contribution < 1.29 is 4.74 Å². The van der Waals surface area contributed by atoms with Crippen LogP contribution in [-0.4, -0.2) is 13.2 Å². The lowest BCUT2D eigenvalue weighted by atomic mass is 9.85. The first-order valence-corrected chi connectivity index (χ1v) is 15.1. The Balaban J connectivity index is 1.09. The molecule has 0 heterocycles. The largest absolute Gasteiger partial charge is 0.373 e. The van der Waals surface area contributed by atoms with Gasteiger partial charge in [0.15, 0.2) is 0 Å². The zero-order valence-corrected chi connectivity index (χ0v) is 24.0. The summed E-state index contributed by atoms with van der Waals surface area (Å²) in [4.78, 5) is 0. The fourth-order valence-electron chi connectivity index (χ4n) is 5.87. The van der Waals surface area contributed by atoms with Crippen LogP contribution < -0.4 is 0 Å². The molecule has 2 atom stereocenters. The Hall–Kier alpha value is -2.12. The van der Waals surface area contributed by atoms with Crippen LogP contribution in [0.15, 0.2) is 71.8 Å². The minimum absolute atomic E-state index is 0.618.